The maximum atomic E-state index is 12.9. The van der Waals surface area contributed by atoms with E-state index in [4.69, 9.17) is 4.74 Å². The molecule has 7 nitrogen and oxygen atoms in total. The SMILES string of the molecule is C=CCN(CC=C)C(=O)c1nn(C)c2c1CCN(C(=O)OC(C)(C)C)C2. The standard InChI is InChI=1S/C19H28N4O3/c1-7-10-22(11-8-2)17(24)16-14-9-12-23(13-15(14)21(6)20-16)18(25)26-19(3,4)5/h7-8H,1-2,9-13H2,3-6H3. The van der Waals surface area contributed by atoms with Crippen LogP contribution >= 0.6 is 0 Å². The highest BCUT2D eigenvalue weighted by Crippen LogP contribution is 2.24. The van der Waals surface area contributed by atoms with Crippen molar-refractivity contribution in [3.05, 3.63) is 42.3 Å². The molecule has 0 spiro atoms. The lowest BCUT2D eigenvalue weighted by Gasteiger charge is -2.30. The van der Waals surface area contributed by atoms with Gasteiger partial charge in [0.15, 0.2) is 5.69 Å². The molecule has 0 saturated heterocycles. The Morgan fingerprint density at radius 3 is 2.42 bits per heavy atom. The van der Waals surface area contributed by atoms with E-state index < -0.39 is 5.60 Å². The van der Waals surface area contributed by atoms with Gasteiger partial charge < -0.3 is 14.5 Å². The zero-order valence-electron chi connectivity index (χ0n) is 16.1. The van der Waals surface area contributed by atoms with Crippen molar-refractivity contribution in [3.63, 3.8) is 0 Å². The molecule has 2 amide bonds. The van der Waals surface area contributed by atoms with Gasteiger partial charge in [-0.2, -0.15) is 5.10 Å². The molecular formula is C19H28N4O3. The van der Waals surface area contributed by atoms with Crippen LogP contribution in [0.4, 0.5) is 4.79 Å². The summed E-state index contributed by atoms with van der Waals surface area (Å²) in [7, 11) is 1.79. The third-order valence-electron chi connectivity index (χ3n) is 4.09. The van der Waals surface area contributed by atoms with Crippen molar-refractivity contribution in [2.75, 3.05) is 19.6 Å². The van der Waals surface area contributed by atoms with Crippen LogP contribution in [0.3, 0.4) is 0 Å². The minimum Gasteiger partial charge on any atom is -0.444 e. The number of rotatable bonds is 5. The van der Waals surface area contributed by atoms with Crippen molar-refractivity contribution in [2.24, 2.45) is 7.05 Å². The Morgan fingerprint density at radius 2 is 1.88 bits per heavy atom. The van der Waals surface area contributed by atoms with Crippen LogP contribution in [0.5, 0.6) is 0 Å². The summed E-state index contributed by atoms with van der Waals surface area (Å²) in [6.07, 6.45) is 3.58. The average Bonchev–Trinajstić information content (AvgIpc) is 2.89. The lowest BCUT2D eigenvalue weighted by molar-refractivity contribution is 0.0219. The van der Waals surface area contributed by atoms with E-state index >= 15 is 0 Å². The lowest BCUT2D eigenvalue weighted by atomic mass is 10.0. The molecule has 0 radical (unpaired) electrons. The summed E-state index contributed by atoms with van der Waals surface area (Å²) in [6, 6.07) is 0. The Balaban J connectivity index is 2.23. The van der Waals surface area contributed by atoms with E-state index in [-0.39, 0.29) is 12.0 Å². The summed E-state index contributed by atoms with van der Waals surface area (Å²) >= 11 is 0. The molecule has 0 saturated carbocycles. The Morgan fingerprint density at radius 1 is 1.27 bits per heavy atom. The van der Waals surface area contributed by atoms with Crippen LogP contribution in [0.1, 0.15) is 42.5 Å². The van der Waals surface area contributed by atoms with Crippen LogP contribution in [0, 0.1) is 0 Å². The zero-order chi connectivity index (χ0) is 19.5. The molecular weight excluding hydrogens is 332 g/mol. The lowest BCUT2D eigenvalue weighted by Crippen LogP contribution is -2.40. The topological polar surface area (TPSA) is 67.7 Å². The summed E-state index contributed by atoms with van der Waals surface area (Å²) < 4.78 is 7.13. The van der Waals surface area contributed by atoms with E-state index in [0.717, 1.165) is 11.3 Å². The van der Waals surface area contributed by atoms with Crippen LogP contribution in [0.15, 0.2) is 25.3 Å². The molecule has 0 unspecified atom stereocenters. The van der Waals surface area contributed by atoms with Crippen LogP contribution < -0.4 is 0 Å². The minimum atomic E-state index is -0.541. The average molecular weight is 360 g/mol. The minimum absolute atomic E-state index is 0.146. The van der Waals surface area contributed by atoms with Gasteiger partial charge in [0, 0.05) is 32.2 Å². The summed E-state index contributed by atoms with van der Waals surface area (Å²) in [6.45, 7) is 14.7. The Hall–Kier alpha value is -2.57. The van der Waals surface area contributed by atoms with E-state index in [1.54, 1.807) is 33.7 Å². The van der Waals surface area contributed by atoms with Crippen molar-refractivity contribution in [1.82, 2.24) is 19.6 Å². The largest absolute Gasteiger partial charge is 0.444 e. The van der Waals surface area contributed by atoms with Crippen LogP contribution in [0.2, 0.25) is 0 Å². The van der Waals surface area contributed by atoms with E-state index in [1.807, 2.05) is 20.8 Å². The maximum Gasteiger partial charge on any atom is 0.410 e. The first-order valence-electron chi connectivity index (χ1n) is 8.71. The highest BCUT2D eigenvalue weighted by molar-refractivity contribution is 5.94. The number of carbonyl (C=O) groups is 2. The molecule has 0 fully saturated rings. The van der Waals surface area contributed by atoms with E-state index in [9.17, 15) is 9.59 Å². The third-order valence-corrected chi connectivity index (χ3v) is 4.09. The molecule has 0 atom stereocenters. The van der Waals surface area contributed by atoms with Gasteiger partial charge in [-0.15, -0.1) is 13.2 Å². The fourth-order valence-electron chi connectivity index (χ4n) is 2.93. The molecule has 2 heterocycles. The van der Waals surface area contributed by atoms with Crippen molar-refractivity contribution in [2.45, 2.75) is 39.3 Å². The third kappa shape index (κ3) is 4.33. The zero-order valence-corrected chi connectivity index (χ0v) is 16.1. The molecule has 0 N–H and O–H groups in total. The van der Waals surface area contributed by atoms with E-state index in [2.05, 4.69) is 18.3 Å². The number of fused-ring (bicyclic) bond motifs is 1. The number of ether oxygens (including phenoxy) is 1. The molecule has 1 aliphatic heterocycles. The molecule has 1 aliphatic rings. The second-order valence-electron chi connectivity index (χ2n) is 7.34. The molecule has 7 heteroatoms. The predicted molar refractivity (Wildman–Crippen MR) is 99.9 cm³/mol. The van der Waals surface area contributed by atoms with Crippen LogP contribution in [0.25, 0.3) is 0 Å². The number of hydrogen-bond donors (Lipinski definition) is 0. The van der Waals surface area contributed by atoms with Gasteiger partial charge in [-0.05, 0) is 27.2 Å². The number of aromatic nitrogens is 2. The first-order chi connectivity index (χ1) is 12.2. The van der Waals surface area contributed by atoms with Gasteiger partial charge in [0.05, 0.1) is 12.2 Å². The first kappa shape index (κ1) is 19.8. The van der Waals surface area contributed by atoms with E-state index in [1.165, 1.54) is 0 Å². The fraction of sp³-hybridized carbons (Fsp3) is 0.526. The summed E-state index contributed by atoms with van der Waals surface area (Å²) in [4.78, 5) is 28.5. The van der Waals surface area contributed by atoms with Crippen LogP contribution in [-0.2, 0) is 24.8 Å². The van der Waals surface area contributed by atoms with Gasteiger partial charge in [-0.1, -0.05) is 12.2 Å². The van der Waals surface area contributed by atoms with Crippen molar-refractivity contribution >= 4 is 12.0 Å². The van der Waals surface area contributed by atoms with Crippen LogP contribution in [-0.4, -0.2) is 56.8 Å². The quantitative estimate of drug-likeness (QED) is 0.757. The molecule has 2 rings (SSSR count). The van der Waals surface area contributed by atoms with Gasteiger partial charge in [0.1, 0.15) is 5.60 Å². The monoisotopic (exact) mass is 360 g/mol. The highest BCUT2D eigenvalue weighted by Gasteiger charge is 2.32. The maximum absolute atomic E-state index is 12.9. The Bertz CT molecular complexity index is 705. The Kier molecular flexibility index (Phi) is 5.90. The Labute approximate surface area is 154 Å². The van der Waals surface area contributed by atoms with Crippen molar-refractivity contribution in [3.8, 4) is 0 Å². The molecule has 0 bridgehead atoms. The molecule has 0 aliphatic carbocycles. The van der Waals surface area contributed by atoms with Gasteiger partial charge >= 0.3 is 6.09 Å². The summed E-state index contributed by atoms with van der Waals surface area (Å²) in [5.41, 5.74) is 1.66. The molecule has 1 aromatic rings. The summed E-state index contributed by atoms with van der Waals surface area (Å²) in [5.74, 6) is -0.146. The number of amides is 2. The van der Waals surface area contributed by atoms with Crippen molar-refractivity contribution < 1.29 is 14.3 Å². The van der Waals surface area contributed by atoms with Gasteiger partial charge in [0.25, 0.3) is 5.91 Å². The number of nitrogens with zero attached hydrogens (tertiary/aromatic N) is 4. The van der Waals surface area contributed by atoms with Gasteiger partial charge in [0.2, 0.25) is 0 Å². The molecule has 0 aromatic carbocycles. The normalized spacial score (nSPS) is 13.8. The second-order valence-corrected chi connectivity index (χ2v) is 7.34. The fourth-order valence-corrected chi connectivity index (χ4v) is 2.93. The molecule has 1 aromatic heterocycles. The second kappa shape index (κ2) is 7.76. The molecule has 26 heavy (non-hydrogen) atoms. The first-order valence-corrected chi connectivity index (χ1v) is 8.71. The molecule has 142 valence electrons. The smallest absolute Gasteiger partial charge is 0.410 e. The summed E-state index contributed by atoms with van der Waals surface area (Å²) in [5, 5.41) is 4.42. The number of hydrogen-bond acceptors (Lipinski definition) is 4. The van der Waals surface area contributed by atoms with E-state index in [0.29, 0.717) is 38.3 Å². The number of aryl methyl sites for hydroxylation is 1. The van der Waals surface area contributed by atoms with Gasteiger partial charge in [-0.25, -0.2) is 4.79 Å². The highest BCUT2D eigenvalue weighted by atomic mass is 16.6. The van der Waals surface area contributed by atoms with Crippen molar-refractivity contribution in [1.29, 1.82) is 0 Å². The number of carbonyl (C=O) groups excluding carboxylic acids is 2. The predicted octanol–water partition coefficient (Wildman–Crippen LogP) is 2.53. The van der Waals surface area contributed by atoms with Gasteiger partial charge in [-0.3, -0.25) is 9.48 Å².